The van der Waals surface area contributed by atoms with Crippen LogP contribution in [0.5, 0.6) is 0 Å². The zero-order valence-corrected chi connectivity index (χ0v) is 11.1. The average molecular weight is 243 g/mol. The first-order valence-electron chi connectivity index (χ1n) is 6.51. The molecule has 2 aromatic heterocycles. The van der Waals surface area contributed by atoms with Crippen LogP contribution in [0.1, 0.15) is 30.4 Å². The first kappa shape index (κ1) is 12.8. The minimum Gasteiger partial charge on any atom is -0.345 e. The topological polar surface area (TPSA) is 43.8 Å². The van der Waals surface area contributed by atoms with Gasteiger partial charge in [0.25, 0.3) is 0 Å². The molecule has 2 N–H and O–H groups in total. The van der Waals surface area contributed by atoms with Gasteiger partial charge in [0.15, 0.2) is 0 Å². The molecule has 0 fully saturated rings. The van der Waals surface area contributed by atoms with E-state index in [1.165, 1.54) is 5.69 Å². The van der Waals surface area contributed by atoms with Crippen molar-refractivity contribution in [2.75, 3.05) is 0 Å². The highest BCUT2D eigenvalue weighted by Gasteiger charge is 2.06. The highest BCUT2D eigenvalue weighted by molar-refractivity contribution is 5.14. The number of aryl methyl sites for hydroxylation is 1. The van der Waals surface area contributed by atoms with Crippen molar-refractivity contribution in [1.82, 2.24) is 9.55 Å². The molecule has 18 heavy (non-hydrogen) atoms. The van der Waals surface area contributed by atoms with E-state index in [2.05, 4.69) is 46.9 Å². The second-order valence-electron chi connectivity index (χ2n) is 4.77. The van der Waals surface area contributed by atoms with Gasteiger partial charge in [-0.25, -0.2) is 0 Å². The Labute approximate surface area is 109 Å². The fourth-order valence-corrected chi connectivity index (χ4v) is 2.06. The Bertz CT molecular complexity index is 502. The van der Waals surface area contributed by atoms with Crippen molar-refractivity contribution in [3.8, 4) is 0 Å². The van der Waals surface area contributed by atoms with Gasteiger partial charge in [0.2, 0.25) is 0 Å². The van der Waals surface area contributed by atoms with Crippen LogP contribution in [0.4, 0.5) is 0 Å². The van der Waals surface area contributed by atoms with E-state index in [-0.39, 0.29) is 6.04 Å². The van der Waals surface area contributed by atoms with Crippen LogP contribution in [-0.2, 0) is 13.0 Å². The van der Waals surface area contributed by atoms with Gasteiger partial charge in [-0.15, -0.1) is 0 Å². The lowest BCUT2D eigenvalue weighted by atomic mass is 10.1. The van der Waals surface area contributed by atoms with E-state index in [1.54, 1.807) is 0 Å². The fourth-order valence-electron chi connectivity index (χ4n) is 2.06. The second-order valence-corrected chi connectivity index (χ2v) is 4.77. The van der Waals surface area contributed by atoms with Crippen molar-refractivity contribution in [3.63, 3.8) is 0 Å². The van der Waals surface area contributed by atoms with Gasteiger partial charge in [0.05, 0.1) is 12.2 Å². The summed E-state index contributed by atoms with van der Waals surface area (Å²) in [6.45, 7) is 4.97. The lowest BCUT2D eigenvalue weighted by Crippen LogP contribution is -2.23. The van der Waals surface area contributed by atoms with Gasteiger partial charge >= 0.3 is 0 Å². The van der Waals surface area contributed by atoms with Crippen LogP contribution in [0.25, 0.3) is 0 Å². The molecule has 3 heteroatoms. The Hall–Kier alpha value is -1.61. The number of nitrogens with zero attached hydrogens (tertiary/aromatic N) is 2. The molecule has 0 bridgehead atoms. The lowest BCUT2D eigenvalue weighted by Gasteiger charge is -2.12. The molecule has 0 spiro atoms. The van der Waals surface area contributed by atoms with E-state index in [9.17, 15) is 0 Å². The SMILES string of the molecule is CCC(N)Cc1cccn1Cc1cccc(C)n1. The van der Waals surface area contributed by atoms with Crippen LogP contribution >= 0.6 is 0 Å². The molecule has 0 amide bonds. The minimum atomic E-state index is 0.240. The molecular weight excluding hydrogens is 222 g/mol. The first-order chi connectivity index (χ1) is 8.69. The van der Waals surface area contributed by atoms with E-state index in [0.717, 1.165) is 30.8 Å². The van der Waals surface area contributed by atoms with Gasteiger partial charge in [-0.1, -0.05) is 13.0 Å². The molecule has 1 atom stereocenters. The summed E-state index contributed by atoms with van der Waals surface area (Å²) in [4.78, 5) is 4.54. The van der Waals surface area contributed by atoms with Crippen LogP contribution in [0, 0.1) is 6.92 Å². The van der Waals surface area contributed by atoms with E-state index in [0.29, 0.717) is 0 Å². The summed E-state index contributed by atoms with van der Waals surface area (Å²) in [7, 11) is 0. The summed E-state index contributed by atoms with van der Waals surface area (Å²) < 4.78 is 2.23. The molecule has 0 radical (unpaired) electrons. The molecule has 2 rings (SSSR count). The zero-order chi connectivity index (χ0) is 13.0. The van der Waals surface area contributed by atoms with Gasteiger partial charge in [0.1, 0.15) is 0 Å². The molecule has 0 aliphatic heterocycles. The average Bonchev–Trinajstić information content (AvgIpc) is 2.76. The minimum absolute atomic E-state index is 0.240. The van der Waals surface area contributed by atoms with Crippen molar-refractivity contribution in [1.29, 1.82) is 0 Å². The maximum atomic E-state index is 6.02. The Morgan fingerprint density at radius 1 is 1.28 bits per heavy atom. The molecule has 3 nitrogen and oxygen atoms in total. The smallest absolute Gasteiger partial charge is 0.0645 e. The number of nitrogens with two attached hydrogens (primary N) is 1. The normalized spacial score (nSPS) is 12.6. The molecule has 0 aromatic carbocycles. The Balaban J connectivity index is 2.12. The highest BCUT2D eigenvalue weighted by Crippen LogP contribution is 2.09. The number of hydrogen-bond acceptors (Lipinski definition) is 2. The number of pyridine rings is 1. The van der Waals surface area contributed by atoms with Crippen LogP contribution in [0.3, 0.4) is 0 Å². The van der Waals surface area contributed by atoms with Crippen LogP contribution in [0.2, 0.25) is 0 Å². The number of hydrogen-bond donors (Lipinski definition) is 1. The molecule has 96 valence electrons. The van der Waals surface area contributed by atoms with Gasteiger partial charge in [-0.05, 0) is 37.6 Å². The summed E-state index contributed by atoms with van der Waals surface area (Å²) in [5.74, 6) is 0. The Morgan fingerprint density at radius 3 is 2.83 bits per heavy atom. The van der Waals surface area contributed by atoms with Crippen LogP contribution in [-0.4, -0.2) is 15.6 Å². The van der Waals surface area contributed by atoms with E-state index >= 15 is 0 Å². The van der Waals surface area contributed by atoms with Crippen LogP contribution < -0.4 is 5.73 Å². The van der Waals surface area contributed by atoms with Gasteiger partial charge in [0, 0.05) is 30.0 Å². The number of aromatic nitrogens is 2. The van der Waals surface area contributed by atoms with Crippen molar-refractivity contribution >= 4 is 0 Å². The Kier molecular flexibility index (Phi) is 4.15. The van der Waals surface area contributed by atoms with Crippen molar-refractivity contribution < 1.29 is 0 Å². The molecule has 0 aliphatic rings. The molecule has 2 aromatic rings. The van der Waals surface area contributed by atoms with E-state index in [1.807, 2.05) is 13.0 Å². The van der Waals surface area contributed by atoms with E-state index in [4.69, 9.17) is 5.73 Å². The summed E-state index contributed by atoms with van der Waals surface area (Å²) in [6.07, 6.45) is 4.03. The molecule has 0 aliphatic carbocycles. The van der Waals surface area contributed by atoms with Crippen molar-refractivity contribution in [2.24, 2.45) is 5.73 Å². The largest absolute Gasteiger partial charge is 0.345 e. The van der Waals surface area contributed by atoms with Crippen molar-refractivity contribution in [2.45, 2.75) is 39.3 Å². The lowest BCUT2D eigenvalue weighted by molar-refractivity contribution is 0.607. The summed E-state index contributed by atoms with van der Waals surface area (Å²) in [6, 6.07) is 10.6. The van der Waals surface area contributed by atoms with E-state index < -0.39 is 0 Å². The standard InChI is InChI=1S/C15H21N3/c1-3-13(16)10-15-8-5-9-18(15)11-14-7-4-6-12(2)17-14/h4-9,13H,3,10-11,16H2,1-2H3. The third kappa shape index (κ3) is 3.20. The van der Waals surface area contributed by atoms with Gasteiger partial charge in [-0.2, -0.15) is 0 Å². The monoisotopic (exact) mass is 243 g/mol. The highest BCUT2D eigenvalue weighted by atomic mass is 15.0. The first-order valence-corrected chi connectivity index (χ1v) is 6.51. The zero-order valence-electron chi connectivity index (χ0n) is 11.1. The predicted molar refractivity (Wildman–Crippen MR) is 74.5 cm³/mol. The molecular formula is C15H21N3. The quantitative estimate of drug-likeness (QED) is 0.877. The molecule has 2 heterocycles. The third-order valence-corrected chi connectivity index (χ3v) is 3.20. The van der Waals surface area contributed by atoms with Crippen molar-refractivity contribution in [3.05, 3.63) is 53.6 Å². The van der Waals surface area contributed by atoms with Crippen LogP contribution in [0.15, 0.2) is 36.5 Å². The second kappa shape index (κ2) is 5.83. The van der Waals surface area contributed by atoms with Gasteiger partial charge in [-0.3, -0.25) is 4.98 Å². The number of rotatable bonds is 5. The maximum absolute atomic E-state index is 6.02. The molecule has 0 saturated heterocycles. The fraction of sp³-hybridized carbons (Fsp3) is 0.400. The summed E-state index contributed by atoms with van der Waals surface area (Å²) >= 11 is 0. The predicted octanol–water partition coefficient (Wildman–Crippen LogP) is 2.52. The molecule has 0 saturated carbocycles. The maximum Gasteiger partial charge on any atom is 0.0645 e. The van der Waals surface area contributed by atoms with Gasteiger partial charge < -0.3 is 10.3 Å². The Morgan fingerprint density at radius 2 is 2.11 bits per heavy atom. The summed E-state index contributed by atoms with van der Waals surface area (Å²) in [5, 5.41) is 0. The molecule has 1 unspecified atom stereocenters. The summed E-state index contributed by atoms with van der Waals surface area (Å²) in [5.41, 5.74) is 9.46. The third-order valence-electron chi connectivity index (χ3n) is 3.20.